The first-order valence-electron chi connectivity index (χ1n) is 5.40. The second-order valence-electron chi connectivity index (χ2n) is 3.58. The summed E-state index contributed by atoms with van der Waals surface area (Å²) in [6.07, 6.45) is 3.05. The lowest BCUT2D eigenvalue weighted by Gasteiger charge is -2.02. The largest absolute Gasteiger partial charge is 0.384 e. The standard InChI is InChI=1S/C13H10ClN3O2/c14-10-7-11(16-8-10)13(19)17-12-6-9(2-1-5-18)3-4-15-12/h3-4,6-8,16,18H,5H2,(H,15,17,19). The van der Waals surface area contributed by atoms with Crippen LogP contribution in [-0.4, -0.2) is 27.6 Å². The Morgan fingerprint density at radius 3 is 3.05 bits per heavy atom. The molecule has 0 aliphatic heterocycles. The Morgan fingerprint density at radius 2 is 2.37 bits per heavy atom. The van der Waals surface area contributed by atoms with E-state index >= 15 is 0 Å². The van der Waals surface area contributed by atoms with Crippen molar-refractivity contribution < 1.29 is 9.90 Å². The number of carbonyl (C=O) groups excluding carboxylic acids is 1. The Kier molecular flexibility index (Phi) is 4.18. The smallest absolute Gasteiger partial charge is 0.273 e. The van der Waals surface area contributed by atoms with Gasteiger partial charge in [-0.3, -0.25) is 4.79 Å². The van der Waals surface area contributed by atoms with Crippen molar-refractivity contribution in [2.45, 2.75) is 0 Å². The van der Waals surface area contributed by atoms with E-state index in [-0.39, 0.29) is 12.5 Å². The van der Waals surface area contributed by atoms with Crippen molar-refractivity contribution in [2.24, 2.45) is 0 Å². The molecule has 6 heteroatoms. The minimum atomic E-state index is -0.341. The molecule has 0 aliphatic rings. The average molecular weight is 276 g/mol. The molecule has 96 valence electrons. The zero-order chi connectivity index (χ0) is 13.7. The van der Waals surface area contributed by atoms with Gasteiger partial charge in [-0.05, 0) is 18.2 Å². The Balaban J connectivity index is 2.13. The Hall–Kier alpha value is -2.29. The van der Waals surface area contributed by atoms with Crippen LogP contribution in [0.3, 0.4) is 0 Å². The average Bonchev–Trinajstić information content (AvgIpc) is 2.83. The topological polar surface area (TPSA) is 78.0 Å². The van der Waals surface area contributed by atoms with E-state index in [1.54, 1.807) is 12.1 Å². The molecule has 3 N–H and O–H groups in total. The van der Waals surface area contributed by atoms with Crippen LogP contribution in [0.15, 0.2) is 30.6 Å². The maximum absolute atomic E-state index is 11.8. The van der Waals surface area contributed by atoms with Crippen LogP contribution in [-0.2, 0) is 0 Å². The maximum Gasteiger partial charge on any atom is 0.273 e. The summed E-state index contributed by atoms with van der Waals surface area (Å²) in [5.41, 5.74) is 1.00. The molecule has 0 aromatic carbocycles. The molecule has 0 saturated carbocycles. The van der Waals surface area contributed by atoms with Crippen LogP contribution in [0.2, 0.25) is 5.02 Å². The van der Waals surface area contributed by atoms with Crippen LogP contribution in [0.25, 0.3) is 0 Å². The first-order chi connectivity index (χ1) is 9.19. The molecular weight excluding hydrogens is 266 g/mol. The summed E-state index contributed by atoms with van der Waals surface area (Å²) in [5, 5.41) is 11.7. The molecule has 1 amide bonds. The number of halogens is 1. The molecular formula is C13H10ClN3O2. The van der Waals surface area contributed by atoms with Crippen molar-refractivity contribution in [3.8, 4) is 11.8 Å². The molecule has 2 heterocycles. The summed E-state index contributed by atoms with van der Waals surface area (Å²) in [6, 6.07) is 4.82. The number of hydrogen-bond donors (Lipinski definition) is 3. The molecule has 0 unspecified atom stereocenters. The van der Waals surface area contributed by atoms with Crippen molar-refractivity contribution in [2.75, 3.05) is 11.9 Å². The maximum atomic E-state index is 11.8. The van der Waals surface area contributed by atoms with Gasteiger partial charge in [0.2, 0.25) is 0 Å². The molecule has 0 saturated heterocycles. The molecule has 0 atom stereocenters. The van der Waals surface area contributed by atoms with Gasteiger partial charge < -0.3 is 15.4 Å². The number of amides is 1. The van der Waals surface area contributed by atoms with E-state index in [1.165, 1.54) is 18.5 Å². The Bertz CT molecular complexity index is 655. The summed E-state index contributed by atoms with van der Waals surface area (Å²) in [5.74, 6) is 5.29. The van der Waals surface area contributed by atoms with Crippen molar-refractivity contribution in [3.05, 3.63) is 46.9 Å². The van der Waals surface area contributed by atoms with E-state index in [9.17, 15) is 4.79 Å². The van der Waals surface area contributed by atoms with E-state index in [0.717, 1.165) is 0 Å². The Labute approximate surface area is 114 Å². The monoisotopic (exact) mass is 275 g/mol. The van der Waals surface area contributed by atoms with Gasteiger partial charge in [0.15, 0.2) is 0 Å². The number of hydrogen-bond acceptors (Lipinski definition) is 3. The molecule has 0 bridgehead atoms. The number of aliphatic hydroxyl groups excluding tert-OH is 1. The van der Waals surface area contributed by atoms with E-state index in [4.69, 9.17) is 16.7 Å². The van der Waals surface area contributed by atoms with Crippen LogP contribution in [0, 0.1) is 11.8 Å². The normalized spacial score (nSPS) is 9.58. The van der Waals surface area contributed by atoms with Gasteiger partial charge >= 0.3 is 0 Å². The van der Waals surface area contributed by atoms with Gasteiger partial charge in [-0.1, -0.05) is 23.4 Å². The van der Waals surface area contributed by atoms with Gasteiger partial charge in [0.25, 0.3) is 5.91 Å². The van der Waals surface area contributed by atoms with Gasteiger partial charge in [-0.15, -0.1) is 0 Å². The van der Waals surface area contributed by atoms with Crippen LogP contribution in [0.4, 0.5) is 5.82 Å². The number of aromatic nitrogens is 2. The van der Waals surface area contributed by atoms with Crippen molar-refractivity contribution >= 4 is 23.3 Å². The lowest BCUT2D eigenvalue weighted by atomic mass is 10.2. The fraction of sp³-hybridized carbons (Fsp3) is 0.0769. The number of pyridine rings is 1. The molecule has 19 heavy (non-hydrogen) atoms. The number of rotatable bonds is 2. The lowest BCUT2D eigenvalue weighted by molar-refractivity contribution is 0.102. The number of nitrogens with one attached hydrogen (secondary N) is 2. The van der Waals surface area contributed by atoms with Crippen LogP contribution < -0.4 is 5.32 Å². The highest BCUT2D eigenvalue weighted by Gasteiger charge is 2.08. The third-order valence-electron chi connectivity index (χ3n) is 2.21. The number of aliphatic hydroxyl groups is 1. The molecule has 0 aliphatic carbocycles. The summed E-state index contributed by atoms with van der Waals surface area (Å²) >= 11 is 5.72. The van der Waals surface area contributed by atoms with Crippen molar-refractivity contribution in [1.82, 2.24) is 9.97 Å². The van der Waals surface area contributed by atoms with Crippen molar-refractivity contribution in [3.63, 3.8) is 0 Å². The van der Waals surface area contributed by atoms with Crippen molar-refractivity contribution in [1.29, 1.82) is 0 Å². The molecule has 0 radical (unpaired) electrons. The van der Waals surface area contributed by atoms with Gasteiger partial charge in [0, 0.05) is 18.0 Å². The molecule has 5 nitrogen and oxygen atoms in total. The summed E-state index contributed by atoms with van der Waals surface area (Å²) in [4.78, 5) is 18.6. The molecule has 2 aromatic rings. The van der Waals surface area contributed by atoms with E-state index < -0.39 is 0 Å². The van der Waals surface area contributed by atoms with Crippen LogP contribution in [0.1, 0.15) is 16.1 Å². The summed E-state index contributed by atoms with van der Waals surface area (Å²) in [7, 11) is 0. The minimum absolute atomic E-state index is 0.217. The predicted octanol–water partition coefficient (Wildman–Crippen LogP) is 1.66. The molecule has 0 fully saturated rings. The number of carbonyl (C=O) groups is 1. The zero-order valence-corrected chi connectivity index (χ0v) is 10.5. The van der Waals surface area contributed by atoms with Crippen LogP contribution in [0.5, 0.6) is 0 Å². The molecule has 0 spiro atoms. The lowest BCUT2D eigenvalue weighted by Crippen LogP contribution is -2.13. The number of anilines is 1. The zero-order valence-electron chi connectivity index (χ0n) is 9.77. The SMILES string of the molecule is O=C(Nc1cc(C#CCO)ccn1)c1cc(Cl)c[nH]1. The van der Waals surface area contributed by atoms with Gasteiger partial charge in [0.05, 0.1) is 5.02 Å². The highest BCUT2D eigenvalue weighted by Crippen LogP contribution is 2.12. The van der Waals surface area contributed by atoms with E-state index in [2.05, 4.69) is 27.1 Å². The fourth-order valence-corrected chi connectivity index (χ4v) is 1.56. The second kappa shape index (κ2) is 6.05. The van der Waals surface area contributed by atoms with Gasteiger partial charge in [0.1, 0.15) is 18.1 Å². The predicted molar refractivity (Wildman–Crippen MR) is 72.0 cm³/mol. The van der Waals surface area contributed by atoms with E-state index in [1.807, 2.05) is 0 Å². The van der Waals surface area contributed by atoms with Gasteiger partial charge in [-0.25, -0.2) is 4.98 Å². The van der Waals surface area contributed by atoms with Gasteiger partial charge in [-0.2, -0.15) is 0 Å². The fourth-order valence-electron chi connectivity index (χ4n) is 1.40. The van der Waals surface area contributed by atoms with E-state index in [0.29, 0.717) is 22.1 Å². The number of aromatic amines is 1. The highest BCUT2D eigenvalue weighted by atomic mass is 35.5. The minimum Gasteiger partial charge on any atom is -0.384 e. The second-order valence-corrected chi connectivity index (χ2v) is 4.01. The number of H-pyrrole nitrogens is 1. The highest BCUT2D eigenvalue weighted by molar-refractivity contribution is 6.31. The first-order valence-corrected chi connectivity index (χ1v) is 5.78. The summed E-state index contributed by atoms with van der Waals surface area (Å²) in [6.45, 7) is -0.217. The van der Waals surface area contributed by atoms with Crippen LogP contribution >= 0.6 is 11.6 Å². The third-order valence-corrected chi connectivity index (χ3v) is 2.42. The Morgan fingerprint density at radius 1 is 1.53 bits per heavy atom. The molecule has 2 aromatic heterocycles. The number of nitrogens with zero attached hydrogens (tertiary/aromatic N) is 1. The first kappa shape index (κ1) is 13.1. The molecule has 2 rings (SSSR count). The third kappa shape index (κ3) is 3.58. The summed E-state index contributed by atoms with van der Waals surface area (Å²) < 4.78 is 0. The quantitative estimate of drug-likeness (QED) is 0.730.